The molecule has 1 fully saturated rings. The maximum atomic E-state index is 6.11. The number of furan rings is 1. The van der Waals surface area contributed by atoms with Crippen molar-refractivity contribution in [3.05, 3.63) is 53.5 Å². The number of hydrogen-bond acceptors (Lipinski definition) is 5. The number of hydrogen-bond donors (Lipinski definition) is 1. The summed E-state index contributed by atoms with van der Waals surface area (Å²) in [5.41, 5.74) is 3.36. The van der Waals surface area contributed by atoms with E-state index in [9.17, 15) is 0 Å². The Hall–Kier alpha value is -2.15. The normalized spacial score (nSPS) is 21.5. The topological polar surface area (TPSA) is 55.5 Å². The Kier molecular flexibility index (Phi) is 4.80. The lowest BCUT2D eigenvalue weighted by Gasteiger charge is -2.39. The van der Waals surface area contributed by atoms with E-state index in [4.69, 9.17) is 9.15 Å². The van der Waals surface area contributed by atoms with Gasteiger partial charge in [-0.05, 0) is 26.1 Å². The van der Waals surface area contributed by atoms with E-state index in [-0.39, 0.29) is 12.1 Å². The Labute approximate surface area is 153 Å². The van der Waals surface area contributed by atoms with Crippen LogP contribution in [0.2, 0.25) is 0 Å². The maximum absolute atomic E-state index is 6.11. The highest BCUT2D eigenvalue weighted by Crippen LogP contribution is 2.28. The van der Waals surface area contributed by atoms with E-state index in [2.05, 4.69) is 40.6 Å². The van der Waals surface area contributed by atoms with Crippen molar-refractivity contribution in [2.24, 2.45) is 7.05 Å². The minimum absolute atomic E-state index is 0.0858. The number of nitrogens with zero attached hydrogens (tertiary/aromatic N) is 3. The number of para-hydroxylation sites is 1. The van der Waals surface area contributed by atoms with Gasteiger partial charge in [-0.15, -0.1) is 0 Å². The van der Waals surface area contributed by atoms with Crippen LogP contribution in [0.15, 0.2) is 40.9 Å². The summed E-state index contributed by atoms with van der Waals surface area (Å²) in [5, 5.41) is 9.09. The van der Waals surface area contributed by atoms with E-state index in [1.165, 1.54) is 16.6 Å². The van der Waals surface area contributed by atoms with Crippen LogP contribution in [0, 0.1) is 6.92 Å². The first-order valence-electron chi connectivity index (χ1n) is 9.12. The molecule has 1 N–H and O–H groups in total. The van der Waals surface area contributed by atoms with Crippen molar-refractivity contribution in [2.75, 3.05) is 26.7 Å². The van der Waals surface area contributed by atoms with Gasteiger partial charge in [-0.2, -0.15) is 5.10 Å². The summed E-state index contributed by atoms with van der Waals surface area (Å²) in [6, 6.07) is 10.5. The Bertz CT molecular complexity index is 885. The van der Waals surface area contributed by atoms with Crippen LogP contribution in [0.3, 0.4) is 0 Å². The molecule has 1 saturated heterocycles. The van der Waals surface area contributed by atoms with Crippen LogP contribution in [0.4, 0.5) is 0 Å². The van der Waals surface area contributed by atoms with Crippen molar-refractivity contribution in [1.82, 2.24) is 20.0 Å². The Morgan fingerprint density at radius 2 is 2.08 bits per heavy atom. The molecule has 0 saturated carbocycles. The third-order valence-corrected chi connectivity index (χ3v) is 5.31. The third kappa shape index (κ3) is 3.16. The van der Waals surface area contributed by atoms with Crippen LogP contribution in [-0.4, -0.2) is 47.5 Å². The summed E-state index contributed by atoms with van der Waals surface area (Å²) in [5.74, 6) is 0.976. The molecule has 0 aliphatic carbocycles. The highest BCUT2D eigenvalue weighted by Gasteiger charge is 2.33. The average Bonchev–Trinajstić information content (AvgIpc) is 3.18. The van der Waals surface area contributed by atoms with Gasteiger partial charge in [-0.3, -0.25) is 9.58 Å². The summed E-state index contributed by atoms with van der Waals surface area (Å²) in [6.07, 6.45) is 1.94. The smallest absolute Gasteiger partial charge is 0.134 e. The molecule has 2 aromatic heterocycles. The molecule has 0 radical (unpaired) electrons. The second-order valence-electron chi connectivity index (χ2n) is 6.98. The monoisotopic (exact) mass is 354 g/mol. The fourth-order valence-electron chi connectivity index (χ4n) is 3.90. The van der Waals surface area contributed by atoms with Gasteiger partial charge in [-0.1, -0.05) is 18.2 Å². The lowest BCUT2D eigenvalue weighted by Crippen LogP contribution is -2.48. The molecule has 3 aromatic rings. The summed E-state index contributed by atoms with van der Waals surface area (Å²) in [7, 11) is 4.14. The van der Waals surface area contributed by atoms with Gasteiger partial charge in [0, 0.05) is 43.8 Å². The molecule has 1 aliphatic heterocycles. The largest absolute Gasteiger partial charge is 0.461 e. The van der Waals surface area contributed by atoms with Crippen molar-refractivity contribution in [3.63, 3.8) is 0 Å². The van der Waals surface area contributed by atoms with Crippen LogP contribution in [0.5, 0.6) is 0 Å². The van der Waals surface area contributed by atoms with E-state index in [1.54, 1.807) is 0 Å². The Balaban J connectivity index is 1.47. The van der Waals surface area contributed by atoms with Gasteiger partial charge >= 0.3 is 0 Å². The average molecular weight is 354 g/mol. The van der Waals surface area contributed by atoms with E-state index in [0.29, 0.717) is 0 Å². The van der Waals surface area contributed by atoms with Crippen molar-refractivity contribution in [2.45, 2.75) is 25.6 Å². The maximum Gasteiger partial charge on any atom is 0.134 e. The van der Waals surface area contributed by atoms with Crippen molar-refractivity contribution in [3.8, 4) is 0 Å². The number of rotatable bonds is 5. The van der Waals surface area contributed by atoms with Crippen molar-refractivity contribution >= 4 is 11.0 Å². The van der Waals surface area contributed by atoms with E-state index in [1.807, 2.05) is 37.0 Å². The molecule has 26 heavy (non-hydrogen) atoms. The Morgan fingerprint density at radius 3 is 2.88 bits per heavy atom. The molecule has 0 amide bonds. The molecule has 0 spiro atoms. The SMILES string of the molecule is Cc1oc2ccccc2c1CNC[C@@H]1OCCN(C)[C@H]1c1ccnn1C. The zero-order valence-electron chi connectivity index (χ0n) is 15.6. The zero-order valence-corrected chi connectivity index (χ0v) is 15.6. The second-order valence-corrected chi connectivity index (χ2v) is 6.98. The van der Waals surface area contributed by atoms with Gasteiger partial charge in [0.05, 0.1) is 24.4 Å². The van der Waals surface area contributed by atoms with Gasteiger partial charge in [0.1, 0.15) is 11.3 Å². The number of aromatic nitrogens is 2. The lowest BCUT2D eigenvalue weighted by molar-refractivity contribution is -0.0638. The van der Waals surface area contributed by atoms with Crippen molar-refractivity contribution in [1.29, 1.82) is 0 Å². The minimum atomic E-state index is 0.0858. The number of morpholine rings is 1. The highest BCUT2D eigenvalue weighted by atomic mass is 16.5. The molecule has 4 rings (SSSR count). The van der Waals surface area contributed by atoms with Crippen molar-refractivity contribution < 1.29 is 9.15 Å². The number of likely N-dealkylation sites (N-methyl/N-ethyl adjacent to an activating group) is 1. The quantitative estimate of drug-likeness (QED) is 0.763. The predicted molar refractivity (Wildman–Crippen MR) is 101 cm³/mol. The molecule has 1 aromatic carbocycles. The van der Waals surface area contributed by atoms with Gasteiger partial charge in [0.25, 0.3) is 0 Å². The molecule has 138 valence electrons. The number of aryl methyl sites for hydroxylation is 2. The van der Waals surface area contributed by atoms with Crippen LogP contribution < -0.4 is 5.32 Å². The molecular formula is C20H26N4O2. The summed E-state index contributed by atoms with van der Waals surface area (Å²) in [6.45, 7) is 5.26. The van der Waals surface area contributed by atoms with E-state index >= 15 is 0 Å². The molecule has 2 atom stereocenters. The fourth-order valence-corrected chi connectivity index (χ4v) is 3.90. The van der Waals surface area contributed by atoms with Gasteiger partial charge < -0.3 is 14.5 Å². The summed E-state index contributed by atoms with van der Waals surface area (Å²) in [4.78, 5) is 2.35. The summed E-state index contributed by atoms with van der Waals surface area (Å²) < 4.78 is 13.9. The van der Waals surface area contributed by atoms with Crippen LogP contribution in [-0.2, 0) is 18.3 Å². The number of benzene rings is 1. The first-order chi connectivity index (χ1) is 12.6. The third-order valence-electron chi connectivity index (χ3n) is 5.31. The lowest BCUT2D eigenvalue weighted by atomic mass is 10.0. The standard InChI is InChI=1S/C20H26N4O2/c1-14-16(15-6-4-5-7-18(15)26-14)12-21-13-19-20(23(2)10-11-25-19)17-8-9-22-24(17)3/h4-9,19-21H,10-13H2,1-3H3/t19-,20-/m0/s1. The predicted octanol–water partition coefficient (Wildman–Crippen LogP) is 2.64. The molecule has 1 aliphatic rings. The Morgan fingerprint density at radius 1 is 1.23 bits per heavy atom. The molecule has 3 heterocycles. The van der Waals surface area contributed by atoms with E-state index < -0.39 is 0 Å². The van der Waals surface area contributed by atoms with Crippen LogP contribution in [0.1, 0.15) is 23.1 Å². The van der Waals surface area contributed by atoms with Crippen LogP contribution in [0.25, 0.3) is 11.0 Å². The second kappa shape index (κ2) is 7.23. The molecule has 0 bridgehead atoms. The van der Waals surface area contributed by atoms with E-state index in [0.717, 1.165) is 37.6 Å². The molecule has 6 nitrogen and oxygen atoms in total. The molecule has 6 heteroatoms. The van der Waals surface area contributed by atoms with Gasteiger partial charge in [0.15, 0.2) is 0 Å². The summed E-state index contributed by atoms with van der Waals surface area (Å²) >= 11 is 0. The molecular weight excluding hydrogens is 328 g/mol. The number of nitrogens with one attached hydrogen (secondary N) is 1. The molecule has 0 unspecified atom stereocenters. The highest BCUT2D eigenvalue weighted by molar-refractivity contribution is 5.82. The van der Waals surface area contributed by atoms with Crippen LogP contribution >= 0.6 is 0 Å². The zero-order chi connectivity index (χ0) is 18.1. The fraction of sp³-hybridized carbons (Fsp3) is 0.450. The number of ether oxygens (including phenoxy) is 1. The minimum Gasteiger partial charge on any atom is -0.461 e. The van der Waals surface area contributed by atoms with Gasteiger partial charge in [-0.25, -0.2) is 0 Å². The first kappa shape index (κ1) is 17.3. The number of fused-ring (bicyclic) bond motifs is 1. The van der Waals surface area contributed by atoms with Gasteiger partial charge in [0.2, 0.25) is 0 Å². The first-order valence-corrected chi connectivity index (χ1v) is 9.12.